The van der Waals surface area contributed by atoms with Gasteiger partial charge in [0.1, 0.15) is 18.2 Å². The van der Waals surface area contributed by atoms with Gasteiger partial charge in [-0.15, -0.1) is 0 Å². The maximum atomic E-state index is 14.1. The Labute approximate surface area is 171 Å². The van der Waals surface area contributed by atoms with Gasteiger partial charge < -0.3 is 9.64 Å². The van der Waals surface area contributed by atoms with E-state index in [1.165, 1.54) is 12.1 Å². The smallest absolute Gasteiger partial charge is 0.257 e. The molecule has 0 atom stereocenters. The molecule has 3 aromatic carbocycles. The number of nitrogens with zero attached hydrogens (tertiary/aromatic N) is 1. The van der Waals surface area contributed by atoms with Crippen LogP contribution in [0.4, 0.5) is 4.39 Å². The normalized spacial score (nSPS) is 10.6. The SMILES string of the molecule is CCCCN(Cc1ccc(OCc2ccccc2)cc1)C(=O)c1ccccc1F. The van der Waals surface area contributed by atoms with Gasteiger partial charge in [0, 0.05) is 13.1 Å². The van der Waals surface area contributed by atoms with Crippen LogP contribution >= 0.6 is 0 Å². The highest BCUT2D eigenvalue weighted by atomic mass is 19.1. The summed E-state index contributed by atoms with van der Waals surface area (Å²) in [5, 5.41) is 0. The molecule has 0 aliphatic rings. The molecular weight excluding hydrogens is 365 g/mol. The van der Waals surface area contributed by atoms with Gasteiger partial charge in [0.05, 0.1) is 5.56 Å². The third-order valence-electron chi connectivity index (χ3n) is 4.72. The van der Waals surface area contributed by atoms with Crippen molar-refractivity contribution in [2.75, 3.05) is 6.54 Å². The second-order valence-corrected chi connectivity index (χ2v) is 6.98. The van der Waals surface area contributed by atoms with Crippen LogP contribution in [-0.4, -0.2) is 17.4 Å². The molecule has 0 aliphatic carbocycles. The Morgan fingerprint density at radius 2 is 1.59 bits per heavy atom. The maximum absolute atomic E-state index is 14.1. The van der Waals surface area contributed by atoms with Crippen molar-refractivity contribution < 1.29 is 13.9 Å². The van der Waals surface area contributed by atoms with Crippen LogP contribution in [0.2, 0.25) is 0 Å². The van der Waals surface area contributed by atoms with Crippen LogP contribution in [0.25, 0.3) is 0 Å². The minimum atomic E-state index is -0.483. The van der Waals surface area contributed by atoms with E-state index in [1.54, 1.807) is 17.0 Å². The van der Waals surface area contributed by atoms with Crippen LogP contribution in [0.1, 0.15) is 41.3 Å². The summed E-state index contributed by atoms with van der Waals surface area (Å²) >= 11 is 0. The van der Waals surface area contributed by atoms with Gasteiger partial charge in [-0.25, -0.2) is 4.39 Å². The Bertz CT molecular complexity index is 910. The second-order valence-electron chi connectivity index (χ2n) is 6.98. The van der Waals surface area contributed by atoms with Gasteiger partial charge in [0.15, 0.2) is 0 Å². The van der Waals surface area contributed by atoms with E-state index in [0.29, 0.717) is 19.7 Å². The fourth-order valence-electron chi connectivity index (χ4n) is 3.06. The van der Waals surface area contributed by atoms with Gasteiger partial charge in [0.2, 0.25) is 0 Å². The second kappa shape index (κ2) is 10.4. The van der Waals surface area contributed by atoms with E-state index in [9.17, 15) is 9.18 Å². The molecule has 29 heavy (non-hydrogen) atoms. The molecule has 0 radical (unpaired) electrons. The number of carbonyl (C=O) groups excluding carboxylic acids is 1. The largest absolute Gasteiger partial charge is 0.489 e. The van der Waals surface area contributed by atoms with E-state index in [-0.39, 0.29) is 11.5 Å². The lowest BCUT2D eigenvalue weighted by Crippen LogP contribution is -2.32. The molecule has 1 amide bonds. The molecule has 150 valence electrons. The zero-order valence-corrected chi connectivity index (χ0v) is 16.7. The summed E-state index contributed by atoms with van der Waals surface area (Å²) in [4.78, 5) is 14.6. The van der Waals surface area contributed by atoms with Crippen molar-refractivity contribution in [1.82, 2.24) is 4.90 Å². The number of halogens is 1. The Kier molecular flexibility index (Phi) is 7.40. The summed E-state index contributed by atoms with van der Waals surface area (Å²) in [6.07, 6.45) is 1.84. The minimum Gasteiger partial charge on any atom is -0.489 e. The van der Waals surface area contributed by atoms with Gasteiger partial charge in [0.25, 0.3) is 5.91 Å². The van der Waals surface area contributed by atoms with Gasteiger partial charge in [-0.2, -0.15) is 0 Å². The fourth-order valence-corrected chi connectivity index (χ4v) is 3.06. The first-order chi connectivity index (χ1) is 14.2. The Balaban J connectivity index is 1.66. The lowest BCUT2D eigenvalue weighted by atomic mass is 10.1. The first-order valence-electron chi connectivity index (χ1n) is 9.97. The highest BCUT2D eigenvalue weighted by molar-refractivity contribution is 5.94. The molecule has 3 aromatic rings. The number of hydrogen-bond donors (Lipinski definition) is 0. The molecule has 0 bridgehead atoms. The van der Waals surface area contributed by atoms with Gasteiger partial charge in [-0.3, -0.25) is 4.79 Å². The van der Waals surface area contributed by atoms with Gasteiger partial charge >= 0.3 is 0 Å². The summed E-state index contributed by atoms with van der Waals surface area (Å²) < 4.78 is 19.9. The quantitative estimate of drug-likeness (QED) is 0.458. The number of carbonyl (C=O) groups is 1. The van der Waals surface area contributed by atoms with Crippen molar-refractivity contribution in [2.45, 2.75) is 32.9 Å². The third kappa shape index (κ3) is 5.92. The molecular formula is C25H26FNO2. The summed E-state index contributed by atoms with van der Waals surface area (Å²) in [7, 11) is 0. The van der Waals surface area contributed by atoms with Crippen molar-refractivity contribution in [3.63, 3.8) is 0 Å². The van der Waals surface area contributed by atoms with Gasteiger partial charge in [-0.1, -0.05) is 67.9 Å². The monoisotopic (exact) mass is 391 g/mol. The molecule has 0 saturated carbocycles. The van der Waals surface area contributed by atoms with E-state index in [1.807, 2.05) is 54.6 Å². The molecule has 0 saturated heterocycles. The number of ether oxygens (including phenoxy) is 1. The summed E-state index contributed by atoms with van der Waals surface area (Å²) in [5.41, 5.74) is 2.21. The number of amides is 1. The zero-order valence-electron chi connectivity index (χ0n) is 16.7. The van der Waals surface area contributed by atoms with E-state index in [0.717, 1.165) is 29.7 Å². The lowest BCUT2D eigenvalue weighted by Gasteiger charge is -2.23. The standard InChI is InChI=1S/C25H26FNO2/c1-2-3-17-27(25(28)23-11-7-8-12-24(23)26)18-20-13-15-22(16-14-20)29-19-21-9-5-4-6-10-21/h4-16H,2-3,17-19H2,1H3. The van der Waals surface area contributed by atoms with Crippen molar-refractivity contribution >= 4 is 5.91 Å². The number of rotatable bonds is 9. The predicted octanol–water partition coefficient (Wildman–Crippen LogP) is 5.85. The van der Waals surface area contributed by atoms with Crippen LogP contribution < -0.4 is 4.74 Å². The molecule has 3 nitrogen and oxygen atoms in total. The predicted molar refractivity (Wildman–Crippen MR) is 113 cm³/mol. The molecule has 0 unspecified atom stereocenters. The molecule has 3 rings (SSSR count). The van der Waals surface area contributed by atoms with Crippen LogP contribution in [0.3, 0.4) is 0 Å². The maximum Gasteiger partial charge on any atom is 0.257 e. The average Bonchev–Trinajstić information content (AvgIpc) is 2.76. The molecule has 0 fully saturated rings. The molecule has 4 heteroatoms. The number of benzene rings is 3. The molecule has 0 aliphatic heterocycles. The van der Waals surface area contributed by atoms with E-state index in [4.69, 9.17) is 4.74 Å². The van der Waals surface area contributed by atoms with E-state index >= 15 is 0 Å². The van der Waals surface area contributed by atoms with Crippen molar-refractivity contribution in [3.8, 4) is 5.75 Å². The lowest BCUT2D eigenvalue weighted by molar-refractivity contribution is 0.0736. The highest BCUT2D eigenvalue weighted by Crippen LogP contribution is 2.18. The fraction of sp³-hybridized carbons (Fsp3) is 0.240. The van der Waals surface area contributed by atoms with Crippen LogP contribution in [-0.2, 0) is 13.2 Å². The molecule has 0 N–H and O–H groups in total. The first kappa shape index (κ1) is 20.6. The number of hydrogen-bond acceptors (Lipinski definition) is 2. The summed E-state index contributed by atoms with van der Waals surface area (Å²) in [6.45, 7) is 3.61. The number of unbranched alkanes of at least 4 members (excludes halogenated alkanes) is 1. The molecule has 0 spiro atoms. The van der Waals surface area contributed by atoms with Crippen molar-refractivity contribution in [1.29, 1.82) is 0 Å². The molecule has 0 aromatic heterocycles. The Morgan fingerprint density at radius 3 is 2.28 bits per heavy atom. The van der Waals surface area contributed by atoms with E-state index < -0.39 is 5.82 Å². The Morgan fingerprint density at radius 1 is 0.897 bits per heavy atom. The van der Waals surface area contributed by atoms with Crippen LogP contribution in [0.5, 0.6) is 5.75 Å². The minimum absolute atomic E-state index is 0.117. The van der Waals surface area contributed by atoms with Crippen molar-refractivity contribution in [3.05, 3.63) is 101 Å². The van der Waals surface area contributed by atoms with Crippen LogP contribution in [0, 0.1) is 5.82 Å². The average molecular weight is 391 g/mol. The topological polar surface area (TPSA) is 29.5 Å². The Hall–Kier alpha value is -3.14. The van der Waals surface area contributed by atoms with E-state index in [2.05, 4.69) is 6.92 Å². The summed E-state index contributed by atoms with van der Waals surface area (Å²) in [5.74, 6) is 0.0164. The first-order valence-corrected chi connectivity index (χ1v) is 9.97. The third-order valence-corrected chi connectivity index (χ3v) is 4.72. The van der Waals surface area contributed by atoms with Crippen molar-refractivity contribution in [2.24, 2.45) is 0 Å². The zero-order chi connectivity index (χ0) is 20.5. The van der Waals surface area contributed by atoms with Gasteiger partial charge in [-0.05, 0) is 41.8 Å². The summed E-state index contributed by atoms with van der Waals surface area (Å²) in [6, 6.07) is 23.9. The van der Waals surface area contributed by atoms with Crippen LogP contribution in [0.15, 0.2) is 78.9 Å². The highest BCUT2D eigenvalue weighted by Gasteiger charge is 2.19. The molecule has 0 heterocycles.